The van der Waals surface area contributed by atoms with Crippen LogP contribution in [0.15, 0.2) is 49.3 Å². The molecule has 0 atom stereocenters. The van der Waals surface area contributed by atoms with E-state index in [-0.39, 0.29) is 5.69 Å². The Morgan fingerprint density at radius 2 is 2.06 bits per heavy atom. The van der Waals surface area contributed by atoms with Gasteiger partial charge in [-0.2, -0.15) is 0 Å². The number of methoxy groups -OCH3 is 1. The molecule has 1 aromatic rings. The number of benzene rings is 1. The average Bonchev–Trinajstić information content (AvgIpc) is 2.31. The van der Waals surface area contributed by atoms with Crippen LogP contribution < -0.4 is 5.73 Å². The Kier molecular flexibility index (Phi) is 7.19. The van der Waals surface area contributed by atoms with Crippen LogP contribution in [0.25, 0.3) is 6.08 Å². The fourth-order valence-electron chi connectivity index (χ4n) is 0.950. The molecule has 0 aliphatic heterocycles. The molecule has 0 bridgehead atoms. The van der Waals surface area contributed by atoms with E-state index >= 15 is 0 Å². The maximum absolute atomic E-state index is 13.0. The fraction of sp³-hybridized carbons (Fsp3) is 0.143. The van der Waals surface area contributed by atoms with Crippen LogP contribution >= 0.6 is 0 Å². The second-order valence-corrected chi connectivity index (χ2v) is 3.15. The summed E-state index contributed by atoms with van der Waals surface area (Å²) in [6.07, 6.45) is 5.04. The largest absolute Gasteiger partial charge is 0.497 e. The molecule has 0 amide bonds. The molecule has 0 aliphatic carbocycles. The maximum Gasteiger partial charge on any atom is 0.146 e. The number of allylic oxidation sites excluding steroid dienone is 2. The molecular formula is C14H18FNO. The third-order valence-corrected chi connectivity index (χ3v) is 1.80. The first-order valence-corrected chi connectivity index (χ1v) is 5.08. The number of anilines is 1. The van der Waals surface area contributed by atoms with E-state index in [2.05, 4.69) is 13.2 Å². The van der Waals surface area contributed by atoms with Crippen molar-refractivity contribution in [2.45, 2.75) is 6.92 Å². The normalized spacial score (nSPS) is 9.35. The van der Waals surface area contributed by atoms with Gasteiger partial charge in [-0.25, -0.2) is 4.39 Å². The molecular weight excluding hydrogens is 217 g/mol. The number of nitrogen functional groups attached to an aromatic ring is 1. The minimum Gasteiger partial charge on any atom is -0.497 e. The van der Waals surface area contributed by atoms with Crippen molar-refractivity contribution in [1.82, 2.24) is 0 Å². The molecule has 0 fully saturated rings. The summed E-state index contributed by atoms with van der Waals surface area (Å²) in [5.74, 6) is 0.0730. The second-order valence-electron chi connectivity index (χ2n) is 3.15. The zero-order chi connectivity index (χ0) is 13.3. The number of ether oxygens (including phenoxy) is 1. The summed E-state index contributed by atoms with van der Waals surface area (Å²) in [6.45, 7) is 8.85. The monoisotopic (exact) mass is 235 g/mol. The first-order valence-electron chi connectivity index (χ1n) is 5.08. The Morgan fingerprint density at radius 3 is 2.59 bits per heavy atom. The van der Waals surface area contributed by atoms with Crippen LogP contribution in [0, 0.1) is 5.82 Å². The minimum absolute atomic E-state index is 0.132. The smallest absolute Gasteiger partial charge is 0.146 e. The van der Waals surface area contributed by atoms with Crippen LogP contribution in [0.1, 0.15) is 12.5 Å². The van der Waals surface area contributed by atoms with E-state index in [9.17, 15) is 4.39 Å². The van der Waals surface area contributed by atoms with Gasteiger partial charge in [0.2, 0.25) is 0 Å². The van der Waals surface area contributed by atoms with Gasteiger partial charge in [0.15, 0.2) is 0 Å². The lowest BCUT2D eigenvalue weighted by molar-refractivity contribution is 0.309. The number of nitrogens with two attached hydrogens (primary N) is 1. The van der Waals surface area contributed by atoms with Gasteiger partial charge in [0.1, 0.15) is 11.6 Å². The number of hydrogen-bond acceptors (Lipinski definition) is 2. The van der Waals surface area contributed by atoms with Gasteiger partial charge < -0.3 is 10.5 Å². The Morgan fingerprint density at radius 1 is 1.47 bits per heavy atom. The Labute approximate surface area is 102 Å². The van der Waals surface area contributed by atoms with Gasteiger partial charge in [0, 0.05) is 5.56 Å². The number of para-hydroxylation sites is 1. The molecule has 2 nitrogen and oxygen atoms in total. The molecule has 2 N–H and O–H groups in total. The molecule has 1 rings (SSSR count). The van der Waals surface area contributed by atoms with E-state index in [4.69, 9.17) is 10.5 Å². The summed E-state index contributed by atoms with van der Waals surface area (Å²) in [6, 6.07) is 4.64. The third-order valence-electron chi connectivity index (χ3n) is 1.80. The number of hydrogen-bond donors (Lipinski definition) is 1. The lowest BCUT2D eigenvalue weighted by Gasteiger charge is -2.01. The van der Waals surface area contributed by atoms with E-state index < -0.39 is 5.82 Å². The van der Waals surface area contributed by atoms with Crippen molar-refractivity contribution in [2.75, 3.05) is 12.8 Å². The predicted molar refractivity (Wildman–Crippen MR) is 71.9 cm³/mol. The molecule has 0 heterocycles. The number of halogens is 1. The lowest BCUT2D eigenvalue weighted by Crippen LogP contribution is -1.93. The van der Waals surface area contributed by atoms with Crippen LogP contribution in [0.4, 0.5) is 10.1 Å². The van der Waals surface area contributed by atoms with Crippen molar-refractivity contribution in [3.8, 4) is 0 Å². The van der Waals surface area contributed by atoms with Crippen LogP contribution in [0.2, 0.25) is 0 Å². The first kappa shape index (κ1) is 15.0. The van der Waals surface area contributed by atoms with Gasteiger partial charge >= 0.3 is 0 Å². The summed E-state index contributed by atoms with van der Waals surface area (Å²) in [4.78, 5) is 0. The van der Waals surface area contributed by atoms with Crippen molar-refractivity contribution < 1.29 is 9.13 Å². The molecule has 0 spiro atoms. The highest BCUT2D eigenvalue weighted by Crippen LogP contribution is 2.17. The summed E-state index contributed by atoms with van der Waals surface area (Å²) in [5.41, 5.74) is 6.26. The van der Waals surface area contributed by atoms with E-state index in [0.717, 1.165) is 0 Å². The van der Waals surface area contributed by atoms with Crippen molar-refractivity contribution in [3.05, 3.63) is 60.6 Å². The van der Waals surface area contributed by atoms with E-state index in [1.165, 1.54) is 13.2 Å². The summed E-state index contributed by atoms with van der Waals surface area (Å²) in [7, 11) is 1.52. The molecule has 0 saturated heterocycles. The van der Waals surface area contributed by atoms with Crippen LogP contribution in [0.5, 0.6) is 0 Å². The van der Waals surface area contributed by atoms with Gasteiger partial charge in [0.05, 0.1) is 12.8 Å². The van der Waals surface area contributed by atoms with Crippen LogP contribution in [-0.4, -0.2) is 7.11 Å². The van der Waals surface area contributed by atoms with Crippen molar-refractivity contribution in [2.24, 2.45) is 0 Å². The highest BCUT2D eigenvalue weighted by molar-refractivity contribution is 5.65. The van der Waals surface area contributed by atoms with Crippen molar-refractivity contribution >= 4 is 11.8 Å². The predicted octanol–water partition coefficient (Wildman–Crippen LogP) is 3.77. The fourth-order valence-corrected chi connectivity index (χ4v) is 0.950. The SMILES string of the molecule is C=C(/C=C/c1cccc(F)c1N)OC.C=CC. The zero-order valence-corrected chi connectivity index (χ0v) is 10.2. The Bertz CT molecular complexity index is 411. The highest BCUT2D eigenvalue weighted by atomic mass is 19.1. The second kappa shape index (κ2) is 8.16. The lowest BCUT2D eigenvalue weighted by atomic mass is 10.1. The topological polar surface area (TPSA) is 35.2 Å². The Balaban J connectivity index is 0.000000770. The maximum atomic E-state index is 13.0. The molecule has 3 heteroatoms. The van der Waals surface area contributed by atoms with Gasteiger partial charge in [-0.1, -0.05) is 24.8 Å². The minimum atomic E-state index is -0.421. The summed E-state index contributed by atoms with van der Waals surface area (Å²) >= 11 is 0. The molecule has 0 unspecified atom stereocenters. The van der Waals surface area contributed by atoms with Gasteiger partial charge in [-0.05, 0) is 25.1 Å². The van der Waals surface area contributed by atoms with Crippen molar-refractivity contribution in [1.29, 1.82) is 0 Å². The van der Waals surface area contributed by atoms with Gasteiger partial charge in [0.25, 0.3) is 0 Å². The average molecular weight is 235 g/mol. The molecule has 0 aliphatic rings. The first-order chi connectivity index (χ1) is 8.06. The van der Waals surface area contributed by atoms with Crippen LogP contribution in [0.3, 0.4) is 0 Å². The van der Waals surface area contributed by atoms with E-state index in [1.807, 2.05) is 6.92 Å². The molecule has 0 aromatic heterocycles. The third kappa shape index (κ3) is 5.56. The van der Waals surface area contributed by atoms with E-state index in [1.54, 1.807) is 30.4 Å². The van der Waals surface area contributed by atoms with Crippen molar-refractivity contribution in [3.63, 3.8) is 0 Å². The molecule has 0 radical (unpaired) electrons. The van der Waals surface area contributed by atoms with Crippen LogP contribution in [-0.2, 0) is 4.74 Å². The molecule has 17 heavy (non-hydrogen) atoms. The zero-order valence-electron chi connectivity index (χ0n) is 10.2. The highest BCUT2D eigenvalue weighted by Gasteiger charge is 2.00. The van der Waals surface area contributed by atoms with Gasteiger partial charge in [-0.3, -0.25) is 0 Å². The van der Waals surface area contributed by atoms with Gasteiger partial charge in [-0.15, -0.1) is 6.58 Å². The Hall–Kier alpha value is -2.03. The molecule has 0 saturated carbocycles. The number of rotatable bonds is 3. The quantitative estimate of drug-likeness (QED) is 0.374. The summed E-state index contributed by atoms with van der Waals surface area (Å²) in [5, 5.41) is 0. The standard InChI is InChI=1S/C11H12FNO.C3H6/c1-8(14-2)6-7-9-4-3-5-10(12)11(9)13;1-3-2/h3-7H,1,13H2,2H3;3H,1H2,2H3/b7-6+;. The molecule has 1 aromatic carbocycles. The molecule has 92 valence electrons. The summed E-state index contributed by atoms with van der Waals surface area (Å²) < 4.78 is 17.8. The van der Waals surface area contributed by atoms with E-state index in [0.29, 0.717) is 11.3 Å².